The number of hydrogen-bond acceptors (Lipinski definition) is 3. The van der Waals surface area contributed by atoms with E-state index in [4.69, 9.17) is 15.0 Å². The molecule has 0 bridgehead atoms. The van der Waals surface area contributed by atoms with Crippen LogP contribution in [0, 0.1) is 0 Å². The maximum Gasteiger partial charge on any atom is 0.164 e. The second kappa shape index (κ2) is 19.3. The normalized spacial score (nSPS) is 11.7. The number of aromatic nitrogens is 4. The number of benzene rings is 11. The van der Waals surface area contributed by atoms with E-state index in [2.05, 4.69) is 259 Å². The number of hydrogen-bond donors (Lipinski definition) is 0. The van der Waals surface area contributed by atoms with Crippen molar-refractivity contribution >= 4 is 31.8 Å². The summed E-state index contributed by atoms with van der Waals surface area (Å²) < 4.78 is 2.44. The van der Waals surface area contributed by atoms with Crippen LogP contribution in [-0.4, -0.2) is 19.5 Å². The quantitative estimate of drug-likeness (QED) is 0.130. The van der Waals surface area contributed by atoms with Gasteiger partial charge in [-0.1, -0.05) is 200 Å². The molecule has 0 radical (unpaired) electrons. The number of rotatable bonds is 11. The van der Waals surface area contributed by atoms with Crippen molar-refractivity contribution in [1.82, 2.24) is 19.5 Å². The molecule has 0 fully saturated rings. The van der Waals surface area contributed by atoms with Gasteiger partial charge >= 0.3 is 0 Å². The van der Waals surface area contributed by atoms with Crippen molar-refractivity contribution in [2.75, 3.05) is 0 Å². The minimum absolute atomic E-state index is 0.608. The van der Waals surface area contributed by atoms with Crippen LogP contribution in [0.3, 0.4) is 0 Å². The molecule has 0 aliphatic heterocycles. The SMILES string of the molecule is c1ccc(-c2cccc(-c3cc(-c4nc(-c5ccccc5)nc(-c5ccccc5)n4)ccc3-n3c4ccccc4c4cc(-c5cccc(S(c6ccccc6)(c6ccccc6)c6ccccc6)c5)ccc43)c2)cc1. The first kappa shape index (κ1) is 44.5. The van der Waals surface area contributed by atoms with Gasteiger partial charge in [-0.05, 0) is 119 Å². The Bertz CT molecular complexity index is 3950. The van der Waals surface area contributed by atoms with E-state index < -0.39 is 10.0 Å². The van der Waals surface area contributed by atoms with Gasteiger partial charge in [-0.25, -0.2) is 15.0 Å². The summed E-state index contributed by atoms with van der Waals surface area (Å²) >= 11 is 0. The number of fused-ring (bicyclic) bond motifs is 3. The smallest absolute Gasteiger partial charge is 0.164 e. The molecule has 4 nitrogen and oxygen atoms in total. The van der Waals surface area contributed by atoms with Gasteiger partial charge in [0.15, 0.2) is 17.5 Å². The first-order valence-electron chi connectivity index (χ1n) is 25.0. The fraction of sp³-hybridized carbons (Fsp3) is 0. The summed E-state index contributed by atoms with van der Waals surface area (Å²) in [6.07, 6.45) is 0. The Hall–Kier alpha value is -9.42. The molecule has 13 aromatic rings. The van der Waals surface area contributed by atoms with Gasteiger partial charge in [0.1, 0.15) is 0 Å². The minimum Gasteiger partial charge on any atom is -0.309 e. The summed E-state index contributed by atoms with van der Waals surface area (Å²) in [5, 5.41) is 2.37. The molecule has 0 amide bonds. The highest BCUT2D eigenvalue weighted by atomic mass is 32.3. The van der Waals surface area contributed by atoms with Crippen LogP contribution in [0.25, 0.3) is 95.0 Å². The van der Waals surface area contributed by atoms with Crippen LogP contribution in [0.5, 0.6) is 0 Å². The zero-order valence-electron chi connectivity index (χ0n) is 40.4. The van der Waals surface area contributed by atoms with E-state index >= 15 is 0 Å². The summed E-state index contributed by atoms with van der Waals surface area (Å²) in [5.41, 5.74) is 12.8. The summed E-state index contributed by atoms with van der Waals surface area (Å²) in [5.74, 6) is 1.86. The lowest BCUT2D eigenvalue weighted by Gasteiger charge is -2.42. The maximum atomic E-state index is 5.18. The van der Waals surface area contributed by atoms with Crippen LogP contribution in [-0.2, 0) is 0 Å². The van der Waals surface area contributed by atoms with E-state index in [1.165, 1.54) is 35.9 Å². The molecule has 0 unspecified atom stereocenters. The monoisotopic (exact) mass is 964 g/mol. The van der Waals surface area contributed by atoms with Gasteiger partial charge in [0.05, 0.1) is 16.7 Å². The Kier molecular flexibility index (Phi) is 11.6. The van der Waals surface area contributed by atoms with Crippen molar-refractivity contribution in [3.63, 3.8) is 0 Å². The van der Waals surface area contributed by atoms with Crippen LogP contribution >= 0.6 is 10.0 Å². The zero-order chi connectivity index (χ0) is 49.3. The molecule has 2 aromatic heterocycles. The van der Waals surface area contributed by atoms with Crippen molar-refractivity contribution in [2.45, 2.75) is 19.6 Å². The number of nitrogens with zero attached hydrogens (tertiary/aromatic N) is 4. The highest BCUT2D eigenvalue weighted by Crippen LogP contribution is 2.73. The molecular formula is C69H48N4S. The maximum absolute atomic E-state index is 5.18. The predicted octanol–water partition coefficient (Wildman–Crippen LogP) is 18.3. The lowest BCUT2D eigenvalue weighted by atomic mass is 9.96. The van der Waals surface area contributed by atoms with Gasteiger partial charge in [-0.2, -0.15) is 0 Å². The average molecular weight is 965 g/mol. The third-order valence-corrected chi connectivity index (χ3v) is 17.9. The largest absolute Gasteiger partial charge is 0.309 e. The molecular weight excluding hydrogens is 917 g/mol. The molecule has 5 heteroatoms. The Morgan fingerprint density at radius 2 is 0.649 bits per heavy atom. The lowest BCUT2D eigenvalue weighted by Crippen LogP contribution is -2.05. The Balaban J connectivity index is 1.00. The minimum atomic E-state index is -1.88. The van der Waals surface area contributed by atoms with Crippen molar-refractivity contribution in [1.29, 1.82) is 0 Å². The van der Waals surface area contributed by atoms with E-state index in [-0.39, 0.29) is 0 Å². The molecule has 11 aromatic carbocycles. The zero-order valence-corrected chi connectivity index (χ0v) is 41.2. The van der Waals surface area contributed by atoms with E-state index in [9.17, 15) is 0 Å². The molecule has 0 saturated heterocycles. The van der Waals surface area contributed by atoms with Crippen LogP contribution in [0.1, 0.15) is 0 Å². The number of para-hydroxylation sites is 1. The Morgan fingerprint density at radius 3 is 1.23 bits per heavy atom. The molecule has 2 heterocycles. The highest BCUT2D eigenvalue weighted by molar-refractivity contribution is 8.34. The molecule has 13 rings (SSSR count). The van der Waals surface area contributed by atoms with Gasteiger partial charge in [-0.15, -0.1) is 10.0 Å². The van der Waals surface area contributed by atoms with E-state index in [0.29, 0.717) is 17.5 Å². The standard InChI is InChI=1S/C69H48N4S/c1-7-23-49(24-8-1)52-29-21-31-55(45-52)62-48-56(69-71-67(50-25-9-2-10-26-50)70-68(72-69)51-27-11-3-12-28-51)42-44-65(62)73-64-40-20-19-39-61(64)63-47-54(41-43-66(63)73)53-30-22-38-60(46-53)74(57-32-13-4-14-33-57,58-34-15-5-16-35-58)59-36-17-6-18-37-59/h1-48H. The van der Waals surface area contributed by atoms with Crippen LogP contribution in [0.4, 0.5) is 0 Å². The summed E-state index contributed by atoms with van der Waals surface area (Å²) in [4.78, 5) is 20.5. The summed E-state index contributed by atoms with van der Waals surface area (Å²) in [6.45, 7) is 0. The lowest BCUT2D eigenvalue weighted by molar-refractivity contribution is 1.07. The van der Waals surface area contributed by atoms with E-state index in [0.717, 1.165) is 61.2 Å². The average Bonchev–Trinajstić information content (AvgIpc) is 3.86. The van der Waals surface area contributed by atoms with Gasteiger partial charge in [-0.3, -0.25) is 0 Å². The van der Waals surface area contributed by atoms with Crippen molar-refractivity contribution in [3.8, 4) is 73.2 Å². The van der Waals surface area contributed by atoms with Crippen LogP contribution in [0.2, 0.25) is 0 Å². The Morgan fingerprint density at radius 1 is 0.243 bits per heavy atom. The summed E-state index contributed by atoms with van der Waals surface area (Å²) in [7, 11) is -1.88. The molecule has 0 saturated carbocycles. The first-order valence-corrected chi connectivity index (χ1v) is 26.6. The third-order valence-electron chi connectivity index (χ3n) is 14.0. The predicted molar refractivity (Wildman–Crippen MR) is 307 cm³/mol. The second-order valence-electron chi connectivity index (χ2n) is 18.4. The highest BCUT2D eigenvalue weighted by Gasteiger charge is 2.33. The molecule has 350 valence electrons. The van der Waals surface area contributed by atoms with Crippen LogP contribution in [0.15, 0.2) is 311 Å². The summed E-state index contributed by atoms with van der Waals surface area (Å²) in [6, 6.07) is 105. The van der Waals surface area contributed by atoms with Crippen molar-refractivity contribution in [3.05, 3.63) is 291 Å². The third kappa shape index (κ3) is 8.06. The van der Waals surface area contributed by atoms with Crippen LogP contribution < -0.4 is 0 Å². The second-order valence-corrected chi connectivity index (χ2v) is 21.5. The molecule has 0 atom stereocenters. The molecule has 74 heavy (non-hydrogen) atoms. The molecule has 0 N–H and O–H groups in total. The van der Waals surface area contributed by atoms with Gasteiger partial charge in [0.25, 0.3) is 0 Å². The van der Waals surface area contributed by atoms with E-state index in [1.54, 1.807) is 0 Å². The van der Waals surface area contributed by atoms with E-state index in [1.807, 2.05) is 36.4 Å². The molecule has 0 aliphatic carbocycles. The Labute approximate surface area is 433 Å². The fourth-order valence-corrected chi connectivity index (χ4v) is 14.4. The topological polar surface area (TPSA) is 43.6 Å². The molecule has 0 spiro atoms. The van der Waals surface area contributed by atoms with Gasteiger partial charge < -0.3 is 4.57 Å². The van der Waals surface area contributed by atoms with Crippen molar-refractivity contribution < 1.29 is 0 Å². The molecule has 0 aliphatic rings. The van der Waals surface area contributed by atoms with Crippen molar-refractivity contribution in [2.24, 2.45) is 0 Å². The van der Waals surface area contributed by atoms with Gasteiger partial charge in [0, 0.05) is 52.6 Å². The fourth-order valence-electron chi connectivity index (χ4n) is 10.5. The first-order chi connectivity index (χ1) is 36.7. The van der Waals surface area contributed by atoms with Gasteiger partial charge in [0.2, 0.25) is 0 Å².